The van der Waals surface area contributed by atoms with E-state index in [-0.39, 0.29) is 54.2 Å². The van der Waals surface area contributed by atoms with E-state index in [4.69, 9.17) is 71.1 Å². The molecule has 0 saturated carbocycles. The van der Waals surface area contributed by atoms with Gasteiger partial charge in [-0.3, -0.25) is 0 Å². The number of rotatable bonds is 29. The van der Waals surface area contributed by atoms with Gasteiger partial charge in [0.1, 0.15) is 55.4 Å². The van der Waals surface area contributed by atoms with Crippen molar-refractivity contribution in [1.82, 2.24) is 0 Å². The first-order chi connectivity index (χ1) is 46.0. The average Bonchev–Trinajstić information content (AvgIpc) is 1.69. The minimum Gasteiger partial charge on any atom is -0.459 e. The van der Waals surface area contributed by atoms with E-state index in [1.165, 1.54) is 48.5 Å². The lowest BCUT2D eigenvalue weighted by Gasteiger charge is -2.26. The molecule has 0 spiro atoms. The highest BCUT2D eigenvalue weighted by Crippen LogP contribution is 2.36. The van der Waals surface area contributed by atoms with Gasteiger partial charge in [0.2, 0.25) is 0 Å². The van der Waals surface area contributed by atoms with E-state index in [2.05, 4.69) is 6.58 Å². The van der Waals surface area contributed by atoms with E-state index in [9.17, 15) is 34.2 Å². The van der Waals surface area contributed by atoms with Gasteiger partial charge in [0.15, 0.2) is 49.6 Å². The summed E-state index contributed by atoms with van der Waals surface area (Å²) < 4.78 is 93.9. The van der Waals surface area contributed by atoms with E-state index in [1.54, 1.807) is 109 Å². The molecule has 4 saturated heterocycles. The van der Waals surface area contributed by atoms with Gasteiger partial charge in [-0.1, -0.05) is 158 Å². The Morgan fingerprint density at radius 2 is 0.638 bits per heavy atom. The average molecular weight is 1290 g/mol. The van der Waals surface area contributed by atoms with Crippen molar-refractivity contribution in [2.24, 2.45) is 0 Å². The van der Waals surface area contributed by atoms with Gasteiger partial charge in [-0.15, -0.1) is 6.58 Å². The molecule has 490 valence electrons. The van der Waals surface area contributed by atoms with Gasteiger partial charge >= 0.3 is 29.8 Å². The number of aliphatic hydroxyl groups is 2. The van der Waals surface area contributed by atoms with Gasteiger partial charge in [-0.25, -0.2) is 24.0 Å². The van der Waals surface area contributed by atoms with Crippen LogP contribution in [-0.4, -0.2) is 172 Å². The molecule has 7 aromatic rings. The lowest BCUT2D eigenvalue weighted by atomic mass is 10.1. The van der Waals surface area contributed by atoms with Crippen LogP contribution in [0.1, 0.15) is 62.9 Å². The predicted octanol–water partition coefficient (Wildman–Crippen LogP) is 7.79. The Morgan fingerprint density at radius 1 is 0.330 bits per heavy atom. The van der Waals surface area contributed by atoms with E-state index >= 15 is 0 Å². The maximum atomic E-state index is 14.2. The van der Waals surface area contributed by atoms with Crippen LogP contribution in [0.5, 0.6) is 0 Å². The zero-order valence-electron chi connectivity index (χ0n) is 50.7. The highest BCUT2D eigenvalue weighted by atomic mass is 16.8. The Hall–Kier alpha value is -8.85. The topological polar surface area (TPSA) is 264 Å². The van der Waals surface area contributed by atoms with Crippen molar-refractivity contribution in [3.8, 4) is 0 Å². The number of aliphatic hydroxyl groups excluding tert-OH is 2. The third kappa shape index (κ3) is 17.1. The summed E-state index contributed by atoms with van der Waals surface area (Å²) in [6, 6.07) is 59.1. The normalized spacial score (nSPS) is 27.0. The van der Waals surface area contributed by atoms with E-state index in [1.807, 2.05) is 60.7 Å². The minimum absolute atomic E-state index is 0.107. The molecule has 2 N–H and O–H groups in total. The summed E-state index contributed by atoms with van der Waals surface area (Å²) in [5, 5.41) is 23.2. The molecule has 16 atom stereocenters. The summed E-state index contributed by atoms with van der Waals surface area (Å²) in [6.07, 6.45) is -20.1. The Bertz CT molecular complexity index is 3540. The molecule has 0 aromatic heterocycles. The van der Waals surface area contributed by atoms with Gasteiger partial charge in [-0.2, -0.15) is 0 Å². The first kappa shape index (κ1) is 66.6. The van der Waals surface area contributed by atoms with E-state index < -0.39 is 148 Å². The Labute approximate surface area is 541 Å². The molecule has 4 aliphatic rings. The first-order valence-corrected chi connectivity index (χ1v) is 30.6. The maximum absolute atomic E-state index is 14.2. The molecule has 7 aromatic carbocycles. The molecule has 4 heterocycles. The number of carbonyl (C=O) groups excluding carboxylic acids is 5. The monoisotopic (exact) mass is 1290 g/mol. The molecule has 4 fully saturated rings. The zero-order valence-corrected chi connectivity index (χ0v) is 50.7. The second kappa shape index (κ2) is 32.8. The standard InChI is InChI=1S/C72H70O22/c1-2-38-80-70-61(82-40-46-26-12-4-13-27-46)58(81-39-45-24-10-3-11-25-45)53(88-70)43-84-69-57(74)56(73)52(87-69)41-85-71-63(94-68(79)51-36-22-9-23-37-51)60(92-66(77)49-32-18-7-19-33-49)55(90-71)44-86-72-62(93-67(78)50-34-20-8-21-35-50)59(91-65(76)48-30-16-6-17-31-48)54(89-72)42-83-64(75)47-28-14-5-15-29-47/h2-37,52-63,69-74H,1,38-44H2/t52-,53-,54-,55-,56-,57+,58-,59-,60-,61+,62+,63+,69+,70+,71+,72+/m0/s1. The molecule has 0 unspecified atom stereocenters. The number of hydrogen-bond acceptors (Lipinski definition) is 22. The molecule has 11 rings (SSSR count). The van der Waals surface area contributed by atoms with Gasteiger partial charge < -0.3 is 81.3 Å². The number of benzene rings is 7. The molecule has 0 bridgehead atoms. The third-order valence-electron chi connectivity index (χ3n) is 15.7. The molecule has 22 nitrogen and oxygen atoms in total. The third-order valence-corrected chi connectivity index (χ3v) is 15.7. The Balaban J connectivity index is 0.842. The molecule has 4 aliphatic heterocycles. The van der Waals surface area contributed by atoms with Crippen molar-refractivity contribution in [1.29, 1.82) is 0 Å². The van der Waals surface area contributed by atoms with Crippen molar-refractivity contribution in [3.05, 3.63) is 264 Å². The van der Waals surface area contributed by atoms with Crippen LogP contribution in [0.3, 0.4) is 0 Å². The van der Waals surface area contributed by atoms with Crippen LogP contribution in [0.25, 0.3) is 0 Å². The summed E-state index contributed by atoms with van der Waals surface area (Å²) >= 11 is 0. The first-order valence-electron chi connectivity index (χ1n) is 30.6. The molecule has 22 heteroatoms. The molecule has 0 radical (unpaired) electrons. The van der Waals surface area contributed by atoms with Crippen LogP contribution >= 0.6 is 0 Å². The number of carbonyl (C=O) groups is 5. The predicted molar refractivity (Wildman–Crippen MR) is 330 cm³/mol. The minimum atomic E-state index is -1.65. The smallest absolute Gasteiger partial charge is 0.338 e. The van der Waals surface area contributed by atoms with Gasteiger partial charge in [0.25, 0.3) is 0 Å². The fourth-order valence-electron chi connectivity index (χ4n) is 10.9. The van der Waals surface area contributed by atoms with Crippen molar-refractivity contribution >= 4 is 29.8 Å². The number of esters is 5. The summed E-state index contributed by atoms with van der Waals surface area (Å²) in [5.74, 6) is -4.19. The second-order valence-corrected chi connectivity index (χ2v) is 22.2. The van der Waals surface area contributed by atoms with E-state index in [0.717, 1.165) is 11.1 Å². The second-order valence-electron chi connectivity index (χ2n) is 22.2. The fourth-order valence-corrected chi connectivity index (χ4v) is 10.9. The van der Waals surface area contributed by atoms with Crippen LogP contribution in [-0.2, 0) is 84.3 Å². The van der Waals surface area contributed by atoms with Gasteiger partial charge in [0.05, 0.1) is 67.5 Å². The van der Waals surface area contributed by atoms with Crippen LogP contribution < -0.4 is 0 Å². The maximum Gasteiger partial charge on any atom is 0.338 e. The highest BCUT2D eigenvalue weighted by Gasteiger charge is 2.56. The zero-order chi connectivity index (χ0) is 65.2. The molecule has 0 amide bonds. The molecule has 0 aliphatic carbocycles. The number of hydrogen-bond donors (Lipinski definition) is 2. The van der Waals surface area contributed by atoms with Crippen molar-refractivity contribution in [2.45, 2.75) is 112 Å². The van der Waals surface area contributed by atoms with Crippen molar-refractivity contribution in [3.63, 3.8) is 0 Å². The molecule has 94 heavy (non-hydrogen) atoms. The van der Waals surface area contributed by atoms with Crippen LogP contribution in [0.15, 0.2) is 225 Å². The Kier molecular flexibility index (Phi) is 23.3. The molecular weight excluding hydrogens is 1220 g/mol. The van der Waals surface area contributed by atoms with Crippen molar-refractivity contribution < 1.29 is 105 Å². The SMILES string of the molecule is C=CCO[C@@H]1O[C@@H](CO[C@@H]2O[C@@H](CO[C@@H]3O[C@@H](CO[C@@H]4O[C@@H](COC(=O)c5ccccc5)[C@H](OC(=O)c5ccccc5)[C@H]4OC(=O)c4ccccc4)[C@H](OC(=O)c4ccccc4)[C@H]3OC(=O)c3ccccc3)[C@H](O)[C@H]2O)[C@H](OCc2ccccc2)[C@H]1OCc1ccccc1. The summed E-state index contributed by atoms with van der Waals surface area (Å²) in [4.78, 5) is 69.7. The van der Waals surface area contributed by atoms with Crippen LogP contribution in [0.4, 0.5) is 0 Å². The van der Waals surface area contributed by atoms with Crippen molar-refractivity contribution in [2.75, 3.05) is 33.0 Å². The quantitative estimate of drug-likeness (QED) is 0.0257. The van der Waals surface area contributed by atoms with Gasteiger partial charge in [-0.05, 0) is 71.8 Å². The Morgan fingerprint density at radius 3 is 1.04 bits per heavy atom. The number of ether oxygens (including phenoxy) is 15. The lowest BCUT2D eigenvalue weighted by Crippen LogP contribution is -2.45. The fraction of sp³-hybridized carbons (Fsp3) is 0.319. The van der Waals surface area contributed by atoms with Gasteiger partial charge in [0, 0.05) is 0 Å². The van der Waals surface area contributed by atoms with Crippen LogP contribution in [0, 0.1) is 0 Å². The lowest BCUT2D eigenvalue weighted by molar-refractivity contribution is -0.225. The van der Waals surface area contributed by atoms with Crippen LogP contribution in [0.2, 0.25) is 0 Å². The summed E-state index contributed by atoms with van der Waals surface area (Å²) in [6.45, 7) is 2.36. The molecular formula is C72H70O22. The van der Waals surface area contributed by atoms with E-state index in [0.29, 0.717) is 0 Å². The summed E-state index contributed by atoms with van der Waals surface area (Å²) in [7, 11) is 0. The highest BCUT2D eigenvalue weighted by molar-refractivity contribution is 5.92. The summed E-state index contributed by atoms with van der Waals surface area (Å²) in [5.41, 5.74) is 2.46. The largest absolute Gasteiger partial charge is 0.459 e.